The molecule has 0 saturated carbocycles. The van der Waals surface area contributed by atoms with Crippen LogP contribution in [0.5, 0.6) is 5.75 Å². The van der Waals surface area contributed by atoms with Crippen LogP contribution in [-0.2, 0) is 11.8 Å². The maximum atomic E-state index is 12.8. The molecule has 2 aromatic carbocycles. The average molecular weight is 338 g/mol. The molecule has 0 bridgehead atoms. The third-order valence-electron chi connectivity index (χ3n) is 4.98. The maximum absolute atomic E-state index is 12.8. The van der Waals surface area contributed by atoms with Crippen molar-refractivity contribution in [2.75, 3.05) is 18.6 Å². The third kappa shape index (κ3) is 3.48. The Morgan fingerprint density at radius 3 is 2.56 bits per heavy atom. The molecule has 1 heterocycles. The smallest absolute Gasteiger partial charge is 0.322 e. The summed E-state index contributed by atoms with van der Waals surface area (Å²) in [5.41, 5.74) is 3.27. The molecule has 0 saturated heterocycles. The molecule has 25 heavy (non-hydrogen) atoms. The van der Waals surface area contributed by atoms with Crippen LogP contribution in [0.3, 0.4) is 0 Å². The van der Waals surface area contributed by atoms with Gasteiger partial charge in [0, 0.05) is 23.7 Å². The normalized spacial score (nSPS) is 16.5. The first kappa shape index (κ1) is 17.3. The summed E-state index contributed by atoms with van der Waals surface area (Å²) in [5.74, 6) is 0.839. The highest BCUT2D eigenvalue weighted by atomic mass is 16.5. The third-order valence-corrected chi connectivity index (χ3v) is 4.98. The van der Waals surface area contributed by atoms with Gasteiger partial charge in [0.1, 0.15) is 5.75 Å². The molecule has 0 aliphatic carbocycles. The second-order valence-electron chi connectivity index (χ2n) is 7.32. The molecular weight excluding hydrogens is 312 g/mol. The van der Waals surface area contributed by atoms with E-state index in [-0.39, 0.29) is 17.5 Å². The zero-order valence-corrected chi connectivity index (χ0v) is 15.4. The first-order valence-corrected chi connectivity index (χ1v) is 8.72. The first-order valence-electron chi connectivity index (χ1n) is 8.72. The summed E-state index contributed by atoms with van der Waals surface area (Å²) in [6.07, 6.45) is 0.908. The summed E-state index contributed by atoms with van der Waals surface area (Å²) >= 11 is 0. The number of ether oxygens (including phenoxy) is 1. The molecule has 0 fully saturated rings. The minimum Gasteiger partial charge on any atom is -0.497 e. The number of carbonyl (C=O) groups excluding carboxylic acids is 1. The Hall–Kier alpha value is -2.49. The summed E-state index contributed by atoms with van der Waals surface area (Å²) < 4.78 is 5.22. The van der Waals surface area contributed by atoms with Crippen molar-refractivity contribution in [3.8, 4) is 5.75 Å². The van der Waals surface area contributed by atoms with Gasteiger partial charge < -0.3 is 10.1 Å². The lowest BCUT2D eigenvalue weighted by molar-refractivity contribution is 0.242. The molecule has 0 aromatic heterocycles. The molecule has 1 aliphatic rings. The van der Waals surface area contributed by atoms with E-state index >= 15 is 0 Å². The van der Waals surface area contributed by atoms with Gasteiger partial charge in [0.2, 0.25) is 0 Å². The van der Waals surface area contributed by atoms with Crippen molar-refractivity contribution in [1.82, 2.24) is 5.32 Å². The molecule has 4 nitrogen and oxygen atoms in total. The van der Waals surface area contributed by atoms with Gasteiger partial charge in [-0.15, -0.1) is 0 Å². The van der Waals surface area contributed by atoms with E-state index < -0.39 is 0 Å². The molecule has 2 aromatic rings. The van der Waals surface area contributed by atoms with Crippen LogP contribution in [0, 0.1) is 0 Å². The van der Waals surface area contributed by atoms with E-state index in [0.717, 1.165) is 17.9 Å². The number of para-hydroxylation sites is 1. The molecule has 132 valence electrons. The van der Waals surface area contributed by atoms with Gasteiger partial charge >= 0.3 is 6.03 Å². The molecule has 1 unspecified atom stereocenters. The second kappa shape index (κ2) is 6.79. The summed E-state index contributed by atoms with van der Waals surface area (Å²) in [5, 5.41) is 3.12. The quantitative estimate of drug-likeness (QED) is 0.910. The lowest BCUT2D eigenvalue weighted by atomic mass is 9.84. The van der Waals surface area contributed by atoms with Gasteiger partial charge in [-0.2, -0.15) is 0 Å². The molecule has 2 amide bonds. The molecule has 0 radical (unpaired) electrons. The fraction of sp³-hybridized carbons (Fsp3) is 0.381. The fourth-order valence-corrected chi connectivity index (χ4v) is 3.40. The zero-order valence-electron chi connectivity index (χ0n) is 15.4. The van der Waals surface area contributed by atoms with Crippen molar-refractivity contribution >= 4 is 11.7 Å². The number of fused-ring (bicyclic) bond motifs is 1. The Labute approximate surface area is 149 Å². The topological polar surface area (TPSA) is 41.6 Å². The van der Waals surface area contributed by atoms with Crippen LogP contribution in [0.4, 0.5) is 10.5 Å². The Bertz CT molecular complexity index is 753. The van der Waals surface area contributed by atoms with E-state index in [2.05, 4.69) is 44.3 Å². The lowest BCUT2D eigenvalue weighted by Gasteiger charge is -2.29. The van der Waals surface area contributed by atoms with Gasteiger partial charge in [0.05, 0.1) is 7.11 Å². The number of nitrogens with one attached hydrogen (secondary N) is 1. The fourth-order valence-electron chi connectivity index (χ4n) is 3.40. The van der Waals surface area contributed by atoms with Crippen LogP contribution in [-0.4, -0.2) is 25.7 Å². The van der Waals surface area contributed by atoms with Crippen LogP contribution in [0.1, 0.15) is 31.9 Å². The van der Waals surface area contributed by atoms with Crippen LogP contribution in [0.15, 0.2) is 48.5 Å². The van der Waals surface area contributed by atoms with E-state index in [1.807, 2.05) is 35.2 Å². The van der Waals surface area contributed by atoms with Crippen molar-refractivity contribution < 1.29 is 9.53 Å². The summed E-state index contributed by atoms with van der Waals surface area (Å²) in [4.78, 5) is 14.7. The molecule has 1 atom stereocenters. The zero-order chi connectivity index (χ0) is 18.0. The number of hydrogen-bond acceptors (Lipinski definition) is 2. The summed E-state index contributed by atoms with van der Waals surface area (Å²) in [6.45, 7) is 6.94. The number of rotatable bonds is 4. The Kier molecular flexibility index (Phi) is 4.71. The summed E-state index contributed by atoms with van der Waals surface area (Å²) in [6, 6.07) is 16.3. The molecule has 1 aliphatic heterocycles. The van der Waals surface area contributed by atoms with Crippen molar-refractivity contribution in [2.45, 2.75) is 38.6 Å². The number of benzene rings is 2. The minimum absolute atomic E-state index is 0.0287. The Balaban J connectivity index is 1.69. The SMILES string of the molecule is COc1ccc(C(C)(C)CNC(=O)N2c3ccccc3CC2C)cc1. The van der Waals surface area contributed by atoms with Gasteiger partial charge in [0.25, 0.3) is 0 Å². The standard InChI is InChI=1S/C21H26N2O2/c1-15-13-16-7-5-6-8-19(16)23(15)20(24)22-14-21(2,3)17-9-11-18(25-4)12-10-17/h5-12,15H,13-14H2,1-4H3,(H,22,24). The number of urea groups is 1. The van der Waals surface area contributed by atoms with Gasteiger partial charge in [-0.1, -0.05) is 44.2 Å². The van der Waals surface area contributed by atoms with Gasteiger partial charge in [-0.05, 0) is 42.7 Å². The van der Waals surface area contributed by atoms with Crippen LogP contribution >= 0.6 is 0 Å². The monoisotopic (exact) mass is 338 g/mol. The second-order valence-corrected chi connectivity index (χ2v) is 7.32. The minimum atomic E-state index is -0.162. The Morgan fingerprint density at radius 2 is 1.88 bits per heavy atom. The van der Waals surface area contributed by atoms with E-state index in [4.69, 9.17) is 4.74 Å². The maximum Gasteiger partial charge on any atom is 0.322 e. The first-order chi connectivity index (χ1) is 11.9. The number of carbonyl (C=O) groups is 1. The van der Waals surface area contributed by atoms with E-state index in [1.165, 1.54) is 11.1 Å². The van der Waals surface area contributed by atoms with Crippen molar-refractivity contribution in [2.24, 2.45) is 0 Å². The van der Waals surface area contributed by atoms with Gasteiger partial charge in [-0.25, -0.2) is 4.79 Å². The Morgan fingerprint density at radius 1 is 1.20 bits per heavy atom. The number of amides is 2. The number of nitrogens with zero attached hydrogens (tertiary/aromatic N) is 1. The number of hydrogen-bond donors (Lipinski definition) is 1. The predicted octanol–water partition coefficient (Wildman–Crippen LogP) is 4.13. The van der Waals surface area contributed by atoms with E-state index in [0.29, 0.717) is 6.54 Å². The number of methoxy groups -OCH3 is 1. The molecule has 1 N–H and O–H groups in total. The molecule has 3 rings (SSSR count). The largest absolute Gasteiger partial charge is 0.497 e. The van der Waals surface area contributed by atoms with Crippen molar-refractivity contribution in [1.29, 1.82) is 0 Å². The van der Waals surface area contributed by atoms with Crippen LogP contribution in [0.2, 0.25) is 0 Å². The van der Waals surface area contributed by atoms with Crippen molar-refractivity contribution in [3.05, 3.63) is 59.7 Å². The molecular formula is C21H26N2O2. The van der Waals surface area contributed by atoms with Gasteiger partial charge in [0.15, 0.2) is 0 Å². The highest BCUT2D eigenvalue weighted by Crippen LogP contribution is 2.32. The summed E-state index contributed by atoms with van der Waals surface area (Å²) in [7, 11) is 1.66. The van der Waals surface area contributed by atoms with E-state index in [9.17, 15) is 4.79 Å². The highest BCUT2D eigenvalue weighted by Gasteiger charge is 2.31. The van der Waals surface area contributed by atoms with Gasteiger partial charge in [-0.3, -0.25) is 4.90 Å². The van der Waals surface area contributed by atoms with Crippen LogP contribution in [0.25, 0.3) is 0 Å². The van der Waals surface area contributed by atoms with E-state index in [1.54, 1.807) is 7.11 Å². The molecule has 0 spiro atoms. The lowest BCUT2D eigenvalue weighted by Crippen LogP contribution is -2.47. The highest BCUT2D eigenvalue weighted by molar-refractivity contribution is 5.95. The predicted molar refractivity (Wildman–Crippen MR) is 102 cm³/mol. The average Bonchev–Trinajstić information content (AvgIpc) is 2.95. The van der Waals surface area contributed by atoms with Crippen molar-refractivity contribution in [3.63, 3.8) is 0 Å². The molecule has 4 heteroatoms. The van der Waals surface area contributed by atoms with Crippen LogP contribution < -0.4 is 15.0 Å². The number of anilines is 1.